The van der Waals surface area contributed by atoms with Crippen molar-refractivity contribution in [3.63, 3.8) is 0 Å². The molecule has 3 aromatic rings. The van der Waals surface area contributed by atoms with Gasteiger partial charge in [0.25, 0.3) is 5.91 Å². The van der Waals surface area contributed by atoms with Crippen molar-refractivity contribution in [1.29, 1.82) is 0 Å². The summed E-state index contributed by atoms with van der Waals surface area (Å²) < 4.78 is 11.2. The van der Waals surface area contributed by atoms with Gasteiger partial charge in [0.15, 0.2) is 11.5 Å². The number of amides is 1. The summed E-state index contributed by atoms with van der Waals surface area (Å²) in [7, 11) is 2.03. The lowest BCUT2D eigenvalue weighted by Crippen LogP contribution is -2.33. The third kappa shape index (κ3) is 3.71. The first-order valence-corrected chi connectivity index (χ1v) is 8.94. The maximum atomic E-state index is 12.5. The van der Waals surface area contributed by atoms with Crippen LogP contribution in [-0.2, 0) is 13.2 Å². The molecule has 2 aromatic carbocycles. The number of para-hydroxylation sites is 1. The van der Waals surface area contributed by atoms with Gasteiger partial charge in [-0.2, -0.15) is 0 Å². The van der Waals surface area contributed by atoms with Crippen LogP contribution in [0.2, 0.25) is 0 Å². The van der Waals surface area contributed by atoms with Gasteiger partial charge in [0.05, 0.1) is 11.1 Å². The molecule has 0 unspecified atom stereocenters. The number of hydrogen-bond acceptors (Lipinski definition) is 5. The fourth-order valence-corrected chi connectivity index (χ4v) is 3.18. The summed E-state index contributed by atoms with van der Waals surface area (Å²) in [6.07, 6.45) is 0. The first kappa shape index (κ1) is 17.3. The number of rotatable bonds is 6. The second-order valence-corrected chi connectivity index (χ2v) is 6.60. The summed E-state index contributed by atoms with van der Waals surface area (Å²) in [5.41, 5.74) is 3.06. The molecule has 4 rings (SSSR count). The molecule has 1 aliphatic heterocycles. The van der Waals surface area contributed by atoms with Crippen LogP contribution in [0.3, 0.4) is 0 Å². The fraction of sp³-hybridized carbons (Fsp3) is 0.238. The van der Waals surface area contributed by atoms with Crippen LogP contribution >= 0.6 is 0 Å². The van der Waals surface area contributed by atoms with E-state index in [9.17, 15) is 4.79 Å². The molecule has 2 heterocycles. The minimum atomic E-state index is -0.240. The molecule has 0 bridgehead atoms. The number of hydrogen-bond donors (Lipinski definition) is 1. The molecule has 6 heteroatoms. The van der Waals surface area contributed by atoms with Crippen molar-refractivity contribution in [2.75, 3.05) is 20.1 Å². The molecule has 1 aliphatic rings. The summed E-state index contributed by atoms with van der Waals surface area (Å²) in [4.78, 5) is 14.7. The molecule has 1 N–H and O–H groups in total. The maximum absolute atomic E-state index is 12.5. The number of benzene rings is 2. The van der Waals surface area contributed by atoms with Crippen molar-refractivity contribution in [3.8, 4) is 17.1 Å². The smallest absolute Gasteiger partial charge is 0.273 e. The van der Waals surface area contributed by atoms with E-state index in [1.165, 1.54) is 5.56 Å². The summed E-state index contributed by atoms with van der Waals surface area (Å²) in [6, 6.07) is 17.8. The second kappa shape index (κ2) is 7.63. The second-order valence-electron chi connectivity index (χ2n) is 6.60. The van der Waals surface area contributed by atoms with Crippen LogP contribution in [0.1, 0.15) is 21.6 Å². The summed E-state index contributed by atoms with van der Waals surface area (Å²) in [5, 5.41) is 6.90. The molecule has 0 saturated heterocycles. The van der Waals surface area contributed by atoms with Gasteiger partial charge in [-0.15, -0.1) is 0 Å². The predicted molar refractivity (Wildman–Crippen MR) is 101 cm³/mol. The molecule has 1 aromatic heterocycles. The molecular formula is C21H21N3O3. The molecule has 0 atom stereocenters. The molecule has 0 aliphatic carbocycles. The molecule has 1 amide bonds. The normalized spacial score (nSPS) is 12.2. The van der Waals surface area contributed by atoms with E-state index in [1.54, 1.807) is 0 Å². The first-order chi connectivity index (χ1) is 13.2. The third-order valence-corrected chi connectivity index (χ3v) is 4.58. The monoisotopic (exact) mass is 363 g/mol. The standard InChI is InChI=1S/C21H21N3O3/c1-24(13-15-7-3-2-4-8-15)12-11-22-21(25)19-17-14-26-18-10-6-5-9-16(18)20(17)27-23-19/h2-10H,11-14H2,1H3,(H,22,25). The molecule has 0 fully saturated rings. The number of likely N-dealkylation sites (N-methyl/N-ethyl adjacent to an activating group) is 1. The third-order valence-electron chi connectivity index (χ3n) is 4.58. The zero-order valence-corrected chi connectivity index (χ0v) is 15.1. The average molecular weight is 363 g/mol. The highest BCUT2D eigenvalue weighted by Gasteiger charge is 2.28. The van der Waals surface area contributed by atoms with Gasteiger partial charge >= 0.3 is 0 Å². The Morgan fingerprint density at radius 3 is 2.78 bits per heavy atom. The Hall–Kier alpha value is -3.12. The van der Waals surface area contributed by atoms with Crippen molar-refractivity contribution in [3.05, 3.63) is 71.4 Å². The zero-order valence-electron chi connectivity index (χ0n) is 15.1. The lowest BCUT2D eigenvalue weighted by molar-refractivity contribution is 0.0938. The summed E-state index contributed by atoms with van der Waals surface area (Å²) >= 11 is 0. The number of ether oxygens (including phenoxy) is 1. The maximum Gasteiger partial charge on any atom is 0.273 e. The van der Waals surface area contributed by atoms with E-state index in [-0.39, 0.29) is 12.5 Å². The van der Waals surface area contributed by atoms with E-state index >= 15 is 0 Å². The van der Waals surface area contributed by atoms with Gasteiger partial charge in [-0.3, -0.25) is 4.79 Å². The number of carbonyl (C=O) groups excluding carboxylic acids is 1. The van der Waals surface area contributed by atoms with Gasteiger partial charge in [-0.1, -0.05) is 47.6 Å². The van der Waals surface area contributed by atoms with Crippen molar-refractivity contribution in [2.45, 2.75) is 13.2 Å². The average Bonchev–Trinajstić information content (AvgIpc) is 3.13. The van der Waals surface area contributed by atoms with E-state index in [2.05, 4.69) is 27.5 Å². The van der Waals surface area contributed by atoms with Crippen molar-refractivity contribution >= 4 is 5.91 Å². The van der Waals surface area contributed by atoms with Gasteiger partial charge < -0.3 is 19.5 Å². The van der Waals surface area contributed by atoms with Gasteiger partial charge in [-0.05, 0) is 24.7 Å². The number of carbonyl (C=O) groups is 1. The zero-order chi connectivity index (χ0) is 18.6. The number of fused-ring (bicyclic) bond motifs is 3. The SMILES string of the molecule is CN(CCNC(=O)c1noc2c1COc1ccccc1-2)Cc1ccccc1. The first-order valence-electron chi connectivity index (χ1n) is 8.94. The Morgan fingerprint density at radius 1 is 1.15 bits per heavy atom. The Kier molecular flexibility index (Phi) is 4.89. The fourth-order valence-electron chi connectivity index (χ4n) is 3.18. The summed E-state index contributed by atoms with van der Waals surface area (Å²) in [6.45, 7) is 2.38. The highest BCUT2D eigenvalue weighted by molar-refractivity contribution is 5.95. The van der Waals surface area contributed by atoms with Gasteiger partial charge in [0.2, 0.25) is 0 Å². The number of nitrogens with zero attached hydrogens (tertiary/aromatic N) is 2. The van der Waals surface area contributed by atoms with Gasteiger partial charge in [0, 0.05) is 19.6 Å². The van der Waals surface area contributed by atoms with Crippen LogP contribution in [0.5, 0.6) is 5.75 Å². The minimum Gasteiger partial charge on any atom is -0.488 e. The van der Waals surface area contributed by atoms with Crippen LogP contribution in [0.15, 0.2) is 59.1 Å². The van der Waals surface area contributed by atoms with E-state index < -0.39 is 0 Å². The molecule has 0 saturated carbocycles. The van der Waals surface area contributed by atoms with Crippen molar-refractivity contribution in [2.24, 2.45) is 0 Å². The number of aromatic nitrogens is 1. The van der Waals surface area contributed by atoms with Crippen LogP contribution in [-0.4, -0.2) is 36.1 Å². The minimum absolute atomic E-state index is 0.240. The predicted octanol–water partition coefficient (Wildman–Crippen LogP) is 3.10. The van der Waals surface area contributed by atoms with E-state index in [4.69, 9.17) is 9.26 Å². The molecule has 0 spiro atoms. The molecule has 138 valence electrons. The van der Waals surface area contributed by atoms with Gasteiger partial charge in [-0.25, -0.2) is 0 Å². The Labute approximate surface area is 157 Å². The van der Waals surface area contributed by atoms with Crippen LogP contribution in [0.4, 0.5) is 0 Å². The largest absolute Gasteiger partial charge is 0.488 e. The van der Waals surface area contributed by atoms with Gasteiger partial charge in [0.1, 0.15) is 12.4 Å². The van der Waals surface area contributed by atoms with Crippen LogP contribution in [0.25, 0.3) is 11.3 Å². The molecular weight excluding hydrogens is 342 g/mol. The van der Waals surface area contributed by atoms with E-state index in [0.717, 1.165) is 24.4 Å². The van der Waals surface area contributed by atoms with E-state index in [0.29, 0.717) is 23.6 Å². The summed E-state index contributed by atoms with van der Waals surface area (Å²) in [5.74, 6) is 1.12. The topological polar surface area (TPSA) is 67.6 Å². The Balaban J connectivity index is 1.36. The quantitative estimate of drug-likeness (QED) is 0.729. The lowest BCUT2D eigenvalue weighted by atomic mass is 10.0. The van der Waals surface area contributed by atoms with Crippen LogP contribution < -0.4 is 10.1 Å². The Morgan fingerprint density at radius 2 is 1.93 bits per heavy atom. The van der Waals surface area contributed by atoms with Crippen molar-refractivity contribution in [1.82, 2.24) is 15.4 Å². The van der Waals surface area contributed by atoms with Crippen molar-refractivity contribution < 1.29 is 14.1 Å². The highest BCUT2D eigenvalue weighted by atomic mass is 16.5. The van der Waals surface area contributed by atoms with Crippen LogP contribution in [0, 0.1) is 0 Å². The number of nitrogens with one attached hydrogen (secondary N) is 1. The molecule has 0 radical (unpaired) electrons. The molecule has 27 heavy (non-hydrogen) atoms. The molecule has 6 nitrogen and oxygen atoms in total. The van der Waals surface area contributed by atoms with E-state index in [1.807, 2.05) is 49.5 Å². The Bertz CT molecular complexity index is 937. The lowest BCUT2D eigenvalue weighted by Gasteiger charge is -2.17. The highest BCUT2D eigenvalue weighted by Crippen LogP contribution is 2.38.